The fourth-order valence-corrected chi connectivity index (χ4v) is 3.82. The number of aromatic nitrogens is 3. The molecule has 4 rings (SSSR count). The SMILES string of the molecule is CCc1nnc(-c2ccc(=O)n(CC(=O)N3CCN(c4cccc(C)c4C)CC3)c2)o1. The average molecular weight is 422 g/mol. The van der Waals surface area contributed by atoms with Gasteiger partial charge in [-0.25, -0.2) is 0 Å². The van der Waals surface area contributed by atoms with Crippen molar-refractivity contribution < 1.29 is 9.21 Å². The summed E-state index contributed by atoms with van der Waals surface area (Å²) in [6, 6.07) is 9.38. The number of anilines is 1. The van der Waals surface area contributed by atoms with Crippen LogP contribution in [0.4, 0.5) is 5.69 Å². The number of piperazine rings is 1. The lowest BCUT2D eigenvalue weighted by Gasteiger charge is -2.37. The monoisotopic (exact) mass is 421 g/mol. The van der Waals surface area contributed by atoms with Crippen molar-refractivity contribution in [2.45, 2.75) is 33.7 Å². The van der Waals surface area contributed by atoms with E-state index < -0.39 is 0 Å². The summed E-state index contributed by atoms with van der Waals surface area (Å²) in [7, 11) is 0. The molecule has 3 heterocycles. The highest BCUT2D eigenvalue weighted by Crippen LogP contribution is 2.24. The first kappa shape index (κ1) is 20.8. The van der Waals surface area contributed by atoms with Crippen LogP contribution in [0.1, 0.15) is 23.9 Å². The van der Waals surface area contributed by atoms with Crippen molar-refractivity contribution in [3.63, 3.8) is 0 Å². The minimum Gasteiger partial charge on any atom is -0.421 e. The zero-order chi connectivity index (χ0) is 22.0. The van der Waals surface area contributed by atoms with Crippen molar-refractivity contribution in [1.29, 1.82) is 0 Å². The van der Waals surface area contributed by atoms with Gasteiger partial charge in [-0.3, -0.25) is 9.59 Å². The van der Waals surface area contributed by atoms with Gasteiger partial charge in [0, 0.05) is 50.6 Å². The van der Waals surface area contributed by atoms with Gasteiger partial charge in [0.05, 0.1) is 5.56 Å². The Kier molecular flexibility index (Phi) is 5.88. The molecule has 0 saturated carbocycles. The standard InChI is InChI=1S/C23H27N5O3/c1-4-20-24-25-23(31-20)18-8-9-21(29)28(14-18)15-22(30)27-12-10-26(11-13-27)19-7-5-6-16(2)17(19)3/h5-9,14H,4,10-13,15H2,1-3H3. The minimum atomic E-state index is -0.235. The molecule has 1 aromatic carbocycles. The first-order valence-electron chi connectivity index (χ1n) is 10.6. The number of hydrogen-bond donors (Lipinski definition) is 0. The Morgan fingerprint density at radius 3 is 2.55 bits per heavy atom. The second-order valence-corrected chi connectivity index (χ2v) is 7.83. The van der Waals surface area contributed by atoms with Gasteiger partial charge in [-0.15, -0.1) is 10.2 Å². The van der Waals surface area contributed by atoms with E-state index in [0.29, 0.717) is 36.9 Å². The van der Waals surface area contributed by atoms with Gasteiger partial charge in [-0.1, -0.05) is 19.1 Å². The molecule has 0 radical (unpaired) electrons. The molecule has 0 spiro atoms. The Hall–Kier alpha value is -3.42. The highest BCUT2D eigenvalue weighted by Gasteiger charge is 2.23. The van der Waals surface area contributed by atoms with Crippen molar-refractivity contribution in [3.05, 3.63) is 63.9 Å². The lowest BCUT2D eigenvalue weighted by atomic mass is 10.1. The molecule has 2 aromatic heterocycles. The van der Waals surface area contributed by atoms with Crippen LogP contribution >= 0.6 is 0 Å². The van der Waals surface area contributed by atoms with Crippen LogP contribution in [0.5, 0.6) is 0 Å². The number of hydrogen-bond acceptors (Lipinski definition) is 6. The molecule has 1 amide bonds. The molecule has 1 aliphatic heterocycles. The molecule has 3 aromatic rings. The molecule has 0 unspecified atom stereocenters. The number of rotatable bonds is 5. The van der Waals surface area contributed by atoms with Gasteiger partial charge < -0.3 is 18.8 Å². The predicted molar refractivity (Wildman–Crippen MR) is 118 cm³/mol. The Bertz CT molecular complexity index is 1140. The number of amides is 1. The normalized spacial score (nSPS) is 14.2. The Morgan fingerprint density at radius 1 is 1.06 bits per heavy atom. The number of carbonyl (C=O) groups is 1. The molecule has 0 atom stereocenters. The smallest absolute Gasteiger partial charge is 0.251 e. The third-order valence-electron chi connectivity index (χ3n) is 5.85. The van der Waals surface area contributed by atoms with Crippen molar-refractivity contribution in [1.82, 2.24) is 19.7 Å². The molecule has 31 heavy (non-hydrogen) atoms. The van der Waals surface area contributed by atoms with Crippen LogP contribution in [-0.2, 0) is 17.8 Å². The van der Waals surface area contributed by atoms with Gasteiger partial charge in [0.2, 0.25) is 17.7 Å². The van der Waals surface area contributed by atoms with Gasteiger partial charge in [-0.05, 0) is 37.1 Å². The zero-order valence-corrected chi connectivity index (χ0v) is 18.2. The van der Waals surface area contributed by atoms with Crippen LogP contribution in [-0.4, -0.2) is 51.8 Å². The summed E-state index contributed by atoms with van der Waals surface area (Å²) in [5.74, 6) is 0.811. The second-order valence-electron chi connectivity index (χ2n) is 7.83. The maximum atomic E-state index is 12.9. The van der Waals surface area contributed by atoms with Crippen LogP contribution < -0.4 is 10.5 Å². The van der Waals surface area contributed by atoms with E-state index in [4.69, 9.17) is 4.42 Å². The summed E-state index contributed by atoms with van der Waals surface area (Å²) in [5, 5.41) is 7.97. The van der Waals surface area contributed by atoms with Gasteiger partial charge in [0.15, 0.2) is 0 Å². The predicted octanol–water partition coefficient (Wildman–Crippen LogP) is 2.43. The lowest BCUT2D eigenvalue weighted by Crippen LogP contribution is -2.50. The third kappa shape index (κ3) is 4.38. The quantitative estimate of drug-likeness (QED) is 0.629. The topological polar surface area (TPSA) is 84.5 Å². The van der Waals surface area contributed by atoms with E-state index >= 15 is 0 Å². The third-order valence-corrected chi connectivity index (χ3v) is 5.85. The van der Waals surface area contributed by atoms with Crippen molar-refractivity contribution in [2.24, 2.45) is 0 Å². The highest BCUT2D eigenvalue weighted by atomic mass is 16.4. The van der Waals surface area contributed by atoms with Crippen LogP contribution in [0.15, 0.2) is 45.7 Å². The molecule has 8 heteroatoms. The summed E-state index contributed by atoms with van der Waals surface area (Å²) in [5.41, 5.74) is 4.16. The van der Waals surface area contributed by atoms with E-state index in [1.165, 1.54) is 27.4 Å². The fraction of sp³-hybridized carbons (Fsp3) is 0.391. The zero-order valence-electron chi connectivity index (χ0n) is 18.2. The molecular weight excluding hydrogens is 394 g/mol. The van der Waals surface area contributed by atoms with Crippen LogP contribution in [0.25, 0.3) is 11.5 Å². The molecule has 162 valence electrons. The van der Waals surface area contributed by atoms with Gasteiger partial charge in [-0.2, -0.15) is 0 Å². The maximum Gasteiger partial charge on any atom is 0.251 e. The molecular formula is C23H27N5O3. The van der Waals surface area contributed by atoms with Crippen LogP contribution in [0.3, 0.4) is 0 Å². The summed E-state index contributed by atoms with van der Waals surface area (Å²) in [4.78, 5) is 29.3. The number of aryl methyl sites for hydroxylation is 2. The first-order valence-corrected chi connectivity index (χ1v) is 10.6. The molecule has 0 bridgehead atoms. The van der Waals surface area contributed by atoms with E-state index in [-0.39, 0.29) is 18.0 Å². The minimum absolute atomic E-state index is 0.00901. The molecule has 0 N–H and O–H groups in total. The summed E-state index contributed by atoms with van der Waals surface area (Å²) < 4.78 is 6.98. The van der Waals surface area contributed by atoms with Crippen molar-refractivity contribution in [2.75, 3.05) is 31.1 Å². The summed E-state index contributed by atoms with van der Waals surface area (Å²) in [6.07, 6.45) is 2.25. The second kappa shape index (κ2) is 8.75. The van der Waals surface area contributed by atoms with Crippen LogP contribution in [0.2, 0.25) is 0 Å². The van der Waals surface area contributed by atoms with Gasteiger partial charge in [0.1, 0.15) is 6.54 Å². The first-order chi connectivity index (χ1) is 15.0. The number of carbonyl (C=O) groups excluding carboxylic acids is 1. The summed E-state index contributed by atoms with van der Waals surface area (Å²) in [6.45, 7) is 8.96. The molecule has 8 nitrogen and oxygen atoms in total. The Morgan fingerprint density at radius 2 is 1.84 bits per heavy atom. The Balaban J connectivity index is 1.43. The number of benzene rings is 1. The lowest BCUT2D eigenvalue weighted by molar-refractivity contribution is -0.132. The van der Waals surface area contributed by atoms with E-state index in [1.54, 1.807) is 12.3 Å². The average Bonchev–Trinajstić information content (AvgIpc) is 3.27. The van der Waals surface area contributed by atoms with Crippen molar-refractivity contribution >= 4 is 11.6 Å². The number of nitrogens with zero attached hydrogens (tertiary/aromatic N) is 5. The number of pyridine rings is 1. The largest absolute Gasteiger partial charge is 0.421 e. The van der Waals surface area contributed by atoms with Crippen molar-refractivity contribution in [3.8, 4) is 11.5 Å². The van der Waals surface area contributed by atoms with Gasteiger partial charge in [0.25, 0.3) is 5.56 Å². The van der Waals surface area contributed by atoms with E-state index in [1.807, 2.05) is 11.8 Å². The van der Waals surface area contributed by atoms with Crippen LogP contribution in [0, 0.1) is 13.8 Å². The summed E-state index contributed by atoms with van der Waals surface area (Å²) >= 11 is 0. The van der Waals surface area contributed by atoms with E-state index in [9.17, 15) is 9.59 Å². The molecule has 1 aliphatic rings. The maximum absolute atomic E-state index is 12.9. The molecule has 0 aliphatic carbocycles. The molecule has 1 fully saturated rings. The van der Waals surface area contributed by atoms with E-state index in [0.717, 1.165) is 13.1 Å². The highest BCUT2D eigenvalue weighted by molar-refractivity contribution is 5.76. The van der Waals surface area contributed by atoms with E-state index in [2.05, 4.69) is 47.1 Å². The van der Waals surface area contributed by atoms with Gasteiger partial charge >= 0.3 is 0 Å². The Labute approximate surface area is 181 Å². The molecule has 1 saturated heterocycles. The fourth-order valence-electron chi connectivity index (χ4n) is 3.82.